The maximum atomic E-state index is 13.3. The fourth-order valence-electron chi connectivity index (χ4n) is 4.26. The Morgan fingerprint density at radius 2 is 1.90 bits per heavy atom. The van der Waals surface area contributed by atoms with Gasteiger partial charge in [0.25, 0.3) is 5.91 Å². The van der Waals surface area contributed by atoms with E-state index in [0.717, 1.165) is 18.4 Å². The molecular formula is C22H31N3O5. The summed E-state index contributed by atoms with van der Waals surface area (Å²) in [6.07, 6.45) is 3.67. The first-order valence-corrected chi connectivity index (χ1v) is 10.8. The summed E-state index contributed by atoms with van der Waals surface area (Å²) in [5.74, 6) is -1.64. The van der Waals surface area contributed by atoms with Crippen molar-refractivity contribution in [3.05, 3.63) is 35.9 Å². The largest absolute Gasteiger partial charge is 0.480 e. The van der Waals surface area contributed by atoms with E-state index in [4.69, 9.17) is 4.74 Å². The molecule has 3 unspecified atom stereocenters. The molecule has 0 aromatic heterocycles. The number of benzene rings is 1. The van der Waals surface area contributed by atoms with Crippen LogP contribution in [0.5, 0.6) is 0 Å². The zero-order chi connectivity index (χ0) is 21.5. The third-order valence-corrected chi connectivity index (χ3v) is 5.75. The molecule has 30 heavy (non-hydrogen) atoms. The molecule has 0 spiro atoms. The Balaban J connectivity index is 1.73. The molecule has 1 aromatic rings. The van der Waals surface area contributed by atoms with Gasteiger partial charge in [0.15, 0.2) is 0 Å². The lowest BCUT2D eigenvalue weighted by molar-refractivity contribution is -0.174. The van der Waals surface area contributed by atoms with Gasteiger partial charge in [0.1, 0.15) is 12.1 Å². The molecule has 164 valence electrons. The summed E-state index contributed by atoms with van der Waals surface area (Å²) in [7, 11) is 0. The van der Waals surface area contributed by atoms with Gasteiger partial charge < -0.3 is 9.84 Å². The van der Waals surface area contributed by atoms with Gasteiger partial charge in [-0.3, -0.25) is 19.9 Å². The molecule has 0 saturated carbocycles. The molecule has 2 fully saturated rings. The van der Waals surface area contributed by atoms with E-state index >= 15 is 0 Å². The van der Waals surface area contributed by atoms with Gasteiger partial charge in [0.2, 0.25) is 0 Å². The first-order chi connectivity index (χ1) is 14.5. The summed E-state index contributed by atoms with van der Waals surface area (Å²) in [5.41, 5.74) is 1.11. The van der Waals surface area contributed by atoms with Crippen LogP contribution in [-0.4, -0.2) is 70.8 Å². The second-order valence-electron chi connectivity index (χ2n) is 7.82. The molecule has 8 heteroatoms. The van der Waals surface area contributed by atoms with Gasteiger partial charge >= 0.3 is 11.9 Å². The van der Waals surface area contributed by atoms with Crippen molar-refractivity contribution < 1.29 is 24.2 Å². The van der Waals surface area contributed by atoms with Crippen molar-refractivity contribution in [2.45, 2.75) is 63.6 Å². The number of rotatable bonds is 8. The van der Waals surface area contributed by atoms with E-state index in [1.165, 1.54) is 5.01 Å². The Morgan fingerprint density at radius 3 is 2.57 bits per heavy atom. The minimum Gasteiger partial charge on any atom is -0.480 e. The number of amides is 1. The van der Waals surface area contributed by atoms with Crippen molar-refractivity contribution in [2.24, 2.45) is 0 Å². The number of hydrogen-bond acceptors (Lipinski definition) is 6. The van der Waals surface area contributed by atoms with Crippen LogP contribution in [0.4, 0.5) is 0 Å². The smallest absolute Gasteiger partial charge is 0.328 e. The highest BCUT2D eigenvalue weighted by Gasteiger charge is 2.42. The van der Waals surface area contributed by atoms with Gasteiger partial charge in [-0.05, 0) is 51.0 Å². The number of nitrogens with one attached hydrogen (secondary N) is 1. The Kier molecular flexibility index (Phi) is 7.81. The number of hydrazine groups is 1. The van der Waals surface area contributed by atoms with Crippen molar-refractivity contribution in [3.8, 4) is 0 Å². The average Bonchev–Trinajstić information content (AvgIpc) is 2.90. The number of carboxylic acids is 1. The first kappa shape index (κ1) is 22.2. The van der Waals surface area contributed by atoms with Crippen LogP contribution >= 0.6 is 0 Å². The SMILES string of the molecule is CCOC(=O)C(CCc1ccccc1)NC1CCCN2CCCC(C(=O)O)N2C1=O. The van der Waals surface area contributed by atoms with Gasteiger partial charge in [-0.1, -0.05) is 30.3 Å². The van der Waals surface area contributed by atoms with Crippen LogP contribution in [0.3, 0.4) is 0 Å². The molecule has 1 amide bonds. The zero-order valence-corrected chi connectivity index (χ0v) is 17.5. The monoisotopic (exact) mass is 417 g/mol. The van der Waals surface area contributed by atoms with E-state index in [9.17, 15) is 19.5 Å². The molecule has 2 saturated heterocycles. The van der Waals surface area contributed by atoms with Crippen molar-refractivity contribution in [1.82, 2.24) is 15.3 Å². The molecule has 0 aliphatic carbocycles. The van der Waals surface area contributed by atoms with Crippen LogP contribution < -0.4 is 5.32 Å². The summed E-state index contributed by atoms with van der Waals surface area (Å²) < 4.78 is 5.24. The van der Waals surface area contributed by atoms with Gasteiger partial charge in [-0.25, -0.2) is 9.80 Å². The molecule has 3 atom stereocenters. The summed E-state index contributed by atoms with van der Waals surface area (Å²) in [4.78, 5) is 37.6. The summed E-state index contributed by atoms with van der Waals surface area (Å²) in [6.45, 7) is 3.34. The van der Waals surface area contributed by atoms with Crippen molar-refractivity contribution in [1.29, 1.82) is 0 Å². The van der Waals surface area contributed by atoms with E-state index in [-0.39, 0.29) is 18.5 Å². The number of carboxylic acid groups (broad SMARTS) is 1. The third-order valence-electron chi connectivity index (χ3n) is 5.75. The summed E-state index contributed by atoms with van der Waals surface area (Å²) >= 11 is 0. The van der Waals surface area contributed by atoms with Crippen molar-refractivity contribution >= 4 is 17.8 Å². The number of carbonyl (C=O) groups is 3. The van der Waals surface area contributed by atoms with E-state index in [1.807, 2.05) is 35.3 Å². The Bertz CT molecular complexity index is 742. The summed E-state index contributed by atoms with van der Waals surface area (Å²) in [5, 5.41) is 16.1. The third kappa shape index (κ3) is 5.37. The average molecular weight is 418 g/mol. The van der Waals surface area contributed by atoms with Crippen molar-refractivity contribution in [2.75, 3.05) is 19.7 Å². The number of esters is 1. The lowest BCUT2D eigenvalue weighted by atomic mass is 10.0. The van der Waals surface area contributed by atoms with Crippen molar-refractivity contribution in [3.63, 3.8) is 0 Å². The molecular weight excluding hydrogens is 386 g/mol. The highest BCUT2D eigenvalue weighted by molar-refractivity contribution is 5.87. The molecule has 2 heterocycles. The Morgan fingerprint density at radius 1 is 1.20 bits per heavy atom. The lowest BCUT2D eigenvalue weighted by Gasteiger charge is -2.42. The molecule has 0 radical (unpaired) electrons. The highest BCUT2D eigenvalue weighted by Crippen LogP contribution is 2.24. The fourth-order valence-corrected chi connectivity index (χ4v) is 4.26. The van der Waals surface area contributed by atoms with Gasteiger partial charge in [-0.2, -0.15) is 0 Å². The van der Waals surface area contributed by atoms with Gasteiger partial charge in [-0.15, -0.1) is 0 Å². The second-order valence-corrected chi connectivity index (χ2v) is 7.82. The predicted octanol–water partition coefficient (Wildman–Crippen LogP) is 1.60. The van der Waals surface area contributed by atoms with E-state index in [1.54, 1.807) is 6.92 Å². The number of carbonyl (C=O) groups excluding carboxylic acids is 2. The van der Waals surface area contributed by atoms with Crippen LogP contribution in [0.15, 0.2) is 30.3 Å². The number of fused-ring (bicyclic) bond motifs is 1. The standard InChI is InChI=1S/C22H31N3O5/c1-2-30-22(29)18(13-12-16-8-4-3-5-9-16)23-17-10-6-14-24-15-7-11-19(21(27)28)25(24)20(17)26/h3-5,8-9,17-19,23H,2,6-7,10-15H2,1H3,(H,27,28). The molecule has 2 aliphatic heterocycles. The second kappa shape index (κ2) is 10.5. The van der Waals surface area contributed by atoms with Crippen LogP contribution in [-0.2, 0) is 25.5 Å². The van der Waals surface area contributed by atoms with E-state index in [2.05, 4.69) is 5.32 Å². The Hall–Kier alpha value is -2.45. The number of aliphatic carboxylic acids is 1. The molecule has 0 bridgehead atoms. The highest BCUT2D eigenvalue weighted by atomic mass is 16.5. The van der Waals surface area contributed by atoms with Gasteiger partial charge in [0, 0.05) is 13.1 Å². The number of aryl methyl sites for hydroxylation is 1. The van der Waals surface area contributed by atoms with Gasteiger partial charge in [0.05, 0.1) is 12.6 Å². The fraction of sp³-hybridized carbons (Fsp3) is 0.591. The predicted molar refractivity (Wildman–Crippen MR) is 110 cm³/mol. The molecule has 1 aromatic carbocycles. The summed E-state index contributed by atoms with van der Waals surface area (Å²) in [6, 6.07) is 7.77. The van der Waals surface area contributed by atoms with Crippen LogP contribution in [0, 0.1) is 0 Å². The molecule has 8 nitrogen and oxygen atoms in total. The zero-order valence-electron chi connectivity index (χ0n) is 17.5. The Labute approximate surface area is 177 Å². The molecule has 2 aliphatic rings. The van der Waals surface area contributed by atoms with E-state index < -0.39 is 24.1 Å². The van der Waals surface area contributed by atoms with Crippen LogP contribution in [0.1, 0.15) is 44.6 Å². The molecule has 2 N–H and O–H groups in total. The lowest BCUT2D eigenvalue weighted by Crippen LogP contribution is -2.61. The van der Waals surface area contributed by atoms with Crippen LogP contribution in [0.2, 0.25) is 0 Å². The number of hydrogen-bond donors (Lipinski definition) is 2. The topological polar surface area (TPSA) is 99.2 Å². The molecule has 3 rings (SSSR count). The van der Waals surface area contributed by atoms with E-state index in [0.29, 0.717) is 38.8 Å². The normalized spacial score (nSPS) is 23.4. The maximum absolute atomic E-state index is 13.3. The number of ether oxygens (including phenoxy) is 1. The maximum Gasteiger partial charge on any atom is 0.328 e. The minimum atomic E-state index is -0.986. The van der Waals surface area contributed by atoms with Crippen LogP contribution in [0.25, 0.3) is 0 Å². The number of nitrogens with zero attached hydrogens (tertiary/aromatic N) is 2. The first-order valence-electron chi connectivity index (χ1n) is 10.8. The quantitative estimate of drug-likeness (QED) is 0.620. The minimum absolute atomic E-state index is 0.266.